The number of aromatic nitrogens is 4. The van der Waals surface area contributed by atoms with E-state index in [0.29, 0.717) is 31.6 Å². The van der Waals surface area contributed by atoms with E-state index in [0.717, 1.165) is 32.1 Å². The van der Waals surface area contributed by atoms with Crippen molar-refractivity contribution in [2.45, 2.75) is 63.2 Å². The summed E-state index contributed by atoms with van der Waals surface area (Å²) in [5.41, 5.74) is -0.513. The second-order valence-corrected chi connectivity index (χ2v) is 12.0. The van der Waals surface area contributed by atoms with Crippen LogP contribution >= 0.6 is 11.6 Å². The first-order chi connectivity index (χ1) is 21.9. The van der Waals surface area contributed by atoms with E-state index in [4.69, 9.17) is 21.5 Å². The Morgan fingerprint density at radius 3 is 2.33 bits per heavy atom. The number of nitrogens with zero attached hydrogens (tertiary/aromatic N) is 5. The van der Waals surface area contributed by atoms with Gasteiger partial charge in [0.25, 0.3) is 18.3 Å². The molecule has 1 aromatic carbocycles. The Kier molecular flexibility index (Phi) is 9.70. The Hall–Kier alpha value is -4.40. The Labute approximate surface area is 266 Å². The predicted molar refractivity (Wildman–Crippen MR) is 160 cm³/mol. The van der Waals surface area contributed by atoms with Crippen molar-refractivity contribution in [1.29, 1.82) is 0 Å². The number of benzene rings is 1. The maximum atomic E-state index is 13.7. The third-order valence-electron chi connectivity index (χ3n) is 8.45. The molecule has 3 amide bonds. The molecule has 3 N–H and O–H groups in total. The molecule has 2 aliphatic carbocycles. The molecule has 246 valence electrons. The highest BCUT2D eigenvalue weighted by atomic mass is 35.5. The van der Waals surface area contributed by atoms with Crippen molar-refractivity contribution in [1.82, 2.24) is 29.5 Å². The zero-order chi connectivity index (χ0) is 33.2. The minimum absolute atomic E-state index is 0.0552. The molecule has 3 heterocycles. The van der Waals surface area contributed by atoms with Gasteiger partial charge in [-0.2, -0.15) is 18.3 Å². The smallest absolute Gasteiger partial charge is 0.435 e. The number of carboxylic acid groups (broad SMARTS) is 1. The minimum atomic E-state index is -4.67. The highest BCUT2D eigenvalue weighted by molar-refractivity contribution is 6.34. The minimum Gasteiger partial charge on any atom is -0.483 e. The summed E-state index contributed by atoms with van der Waals surface area (Å²) in [7, 11) is 1.46. The number of halogens is 4. The number of rotatable bonds is 7. The molecule has 3 fully saturated rings. The number of hydrogen-bond acceptors (Lipinski definition) is 6. The number of likely N-dealkylation sites (tertiary alicyclic amines) is 1. The second kappa shape index (κ2) is 13.5. The molecular formula is C30H33ClF3N7O5. The van der Waals surface area contributed by atoms with E-state index in [2.05, 4.69) is 20.7 Å². The van der Waals surface area contributed by atoms with Crippen molar-refractivity contribution in [3.05, 3.63) is 52.7 Å². The van der Waals surface area contributed by atoms with E-state index in [-0.39, 0.29) is 64.0 Å². The van der Waals surface area contributed by atoms with Crippen LogP contribution in [0.25, 0.3) is 11.3 Å². The summed E-state index contributed by atoms with van der Waals surface area (Å²) in [5.74, 6) is -1.08. The Morgan fingerprint density at radius 2 is 1.76 bits per heavy atom. The van der Waals surface area contributed by atoms with Gasteiger partial charge >= 0.3 is 6.18 Å². The molecule has 0 bridgehead atoms. The molecule has 16 heteroatoms. The number of imidazole rings is 1. The molecular weight excluding hydrogens is 631 g/mol. The topological polar surface area (TPSA) is 151 Å². The maximum Gasteiger partial charge on any atom is 0.435 e. The van der Waals surface area contributed by atoms with Crippen molar-refractivity contribution in [2.75, 3.05) is 18.4 Å². The fourth-order valence-electron chi connectivity index (χ4n) is 5.53. The molecule has 0 atom stereocenters. The van der Waals surface area contributed by atoms with E-state index in [1.165, 1.54) is 46.9 Å². The van der Waals surface area contributed by atoms with Crippen molar-refractivity contribution in [3.63, 3.8) is 0 Å². The van der Waals surface area contributed by atoms with E-state index < -0.39 is 17.8 Å². The van der Waals surface area contributed by atoms with Gasteiger partial charge in [-0.05, 0) is 63.1 Å². The molecule has 2 aromatic heterocycles. The van der Waals surface area contributed by atoms with Gasteiger partial charge in [0.15, 0.2) is 11.5 Å². The second-order valence-electron chi connectivity index (χ2n) is 11.6. The fourth-order valence-corrected chi connectivity index (χ4v) is 5.79. The van der Waals surface area contributed by atoms with Crippen molar-refractivity contribution < 1.29 is 37.5 Å². The van der Waals surface area contributed by atoms with Crippen LogP contribution in [0.15, 0.2) is 30.6 Å². The lowest BCUT2D eigenvalue weighted by molar-refractivity contribution is -0.141. The molecule has 0 radical (unpaired) electrons. The summed E-state index contributed by atoms with van der Waals surface area (Å²) < 4.78 is 43.8. The van der Waals surface area contributed by atoms with E-state index >= 15 is 0 Å². The van der Waals surface area contributed by atoms with Crippen molar-refractivity contribution in [3.8, 4) is 11.3 Å². The molecule has 46 heavy (non-hydrogen) atoms. The average molecular weight is 664 g/mol. The summed E-state index contributed by atoms with van der Waals surface area (Å²) in [5, 5.41) is 16.5. The number of nitrogens with one attached hydrogen (secondary N) is 2. The summed E-state index contributed by atoms with van der Waals surface area (Å²) in [6, 6.07) is 4.71. The molecule has 2 saturated carbocycles. The first kappa shape index (κ1) is 33.0. The van der Waals surface area contributed by atoms with E-state index in [9.17, 15) is 27.6 Å². The predicted octanol–water partition coefficient (Wildman–Crippen LogP) is 4.76. The first-order valence-corrected chi connectivity index (χ1v) is 15.3. The van der Waals surface area contributed by atoms with Crippen LogP contribution in [-0.4, -0.2) is 72.7 Å². The molecule has 0 unspecified atom stereocenters. The van der Waals surface area contributed by atoms with Gasteiger partial charge in [0.1, 0.15) is 0 Å². The summed E-state index contributed by atoms with van der Waals surface area (Å²) in [6.07, 6.45) is 3.77. The maximum absolute atomic E-state index is 13.7. The number of hydrogen-bond donors (Lipinski definition) is 3. The number of carbonyl (C=O) groups is 4. The van der Waals surface area contributed by atoms with Gasteiger partial charge in [0.05, 0.1) is 34.1 Å². The van der Waals surface area contributed by atoms with Gasteiger partial charge in [-0.3, -0.25) is 23.9 Å². The summed E-state index contributed by atoms with van der Waals surface area (Å²) in [6.45, 7) is 0.626. The lowest BCUT2D eigenvalue weighted by atomic mass is 9.90. The zero-order valence-corrected chi connectivity index (χ0v) is 25.6. The summed E-state index contributed by atoms with van der Waals surface area (Å²) >= 11 is 6.44. The Balaban J connectivity index is 0.00000134. The lowest BCUT2D eigenvalue weighted by Crippen LogP contribution is -2.47. The van der Waals surface area contributed by atoms with Crippen LogP contribution in [0, 0.1) is 5.92 Å². The fraction of sp³-hybridized carbons (Fsp3) is 0.467. The Bertz CT molecular complexity index is 1620. The third-order valence-corrected chi connectivity index (χ3v) is 8.76. The van der Waals surface area contributed by atoms with Gasteiger partial charge in [0, 0.05) is 44.0 Å². The standard InChI is InChI=1S/C29H31ClF3N7O3.CH2O2/c1-38-23(21-15-40(19-6-7-19)37-24(21)29(31,32)33)14-34-25(38)27(42)36-18-5-8-20(22(30)13-18)28(43)39-11-9-16(10-12-39)26(41)35-17-3-2-4-17;2-1-3/h5,8,13-17,19H,2-4,6-7,9-12H2,1H3,(H,35,41)(H,36,42);1H,(H,2,3). The van der Waals surface area contributed by atoms with E-state index in [1.807, 2.05) is 0 Å². The number of carbonyl (C=O) groups excluding carboxylic acids is 3. The van der Waals surface area contributed by atoms with Gasteiger partial charge in [-0.1, -0.05) is 11.6 Å². The molecule has 3 aromatic rings. The van der Waals surface area contributed by atoms with Gasteiger partial charge in [0.2, 0.25) is 5.91 Å². The first-order valence-electron chi connectivity index (χ1n) is 14.9. The molecule has 1 saturated heterocycles. The molecule has 0 spiro atoms. The zero-order valence-electron chi connectivity index (χ0n) is 24.9. The SMILES string of the molecule is Cn1c(-c2cn(C3CC3)nc2C(F)(F)F)cnc1C(=O)Nc1ccc(C(=O)N2CCC(C(=O)NC3CCC3)CC2)c(Cl)c1.O=CO. The average Bonchev–Trinajstić information content (AvgIpc) is 3.62. The van der Waals surface area contributed by atoms with Crippen LogP contribution in [0.3, 0.4) is 0 Å². The van der Waals surface area contributed by atoms with Crippen LogP contribution < -0.4 is 10.6 Å². The van der Waals surface area contributed by atoms with Crippen LogP contribution in [0.1, 0.15) is 77.7 Å². The Morgan fingerprint density at radius 1 is 1.09 bits per heavy atom. The van der Waals surface area contributed by atoms with Crippen LogP contribution in [-0.2, 0) is 22.8 Å². The third kappa shape index (κ3) is 7.19. The molecule has 12 nitrogen and oxygen atoms in total. The van der Waals surface area contributed by atoms with Gasteiger partial charge < -0.3 is 25.2 Å². The van der Waals surface area contributed by atoms with Gasteiger partial charge in [-0.25, -0.2) is 4.98 Å². The quantitative estimate of drug-likeness (QED) is 0.308. The monoisotopic (exact) mass is 663 g/mol. The molecule has 6 rings (SSSR count). The van der Waals surface area contributed by atoms with E-state index in [1.54, 1.807) is 4.90 Å². The lowest BCUT2D eigenvalue weighted by Gasteiger charge is -2.34. The van der Waals surface area contributed by atoms with Crippen molar-refractivity contribution in [2.24, 2.45) is 13.0 Å². The summed E-state index contributed by atoms with van der Waals surface area (Å²) in [4.78, 5) is 52.8. The molecule has 3 aliphatic rings. The number of anilines is 1. The van der Waals surface area contributed by atoms with Gasteiger partial charge in [-0.15, -0.1) is 0 Å². The highest BCUT2D eigenvalue weighted by Crippen LogP contribution is 2.41. The highest BCUT2D eigenvalue weighted by Gasteiger charge is 2.40. The largest absolute Gasteiger partial charge is 0.483 e. The number of amides is 3. The molecule has 1 aliphatic heterocycles. The number of alkyl halides is 3. The normalized spacial score (nSPS) is 17.0. The van der Waals surface area contributed by atoms with Crippen LogP contribution in [0.2, 0.25) is 5.02 Å². The van der Waals surface area contributed by atoms with Crippen LogP contribution in [0.5, 0.6) is 0 Å². The number of piperidine rings is 1. The van der Waals surface area contributed by atoms with Crippen LogP contribution in [0.4, 0.5) is 18.9 Å². The van der Waals surface area contributed by atoms with Crippen molar-refractivity contribution >= 4 is 41.5 Å².